The SMILES string of the molecule is CC(=O)OC[C@H]1O[C@@H](S[C@H](c2ccccc2C(F)(F)F)C2(O)CCNCC2)[C@H](O)[C@@H](n2cc(-c3cc(F)c(F)c(F)c3)nn2)[C@H]1O. The van der Waals surface area contributed by atoms with E-state index in [4.69, 9.17) is 9.47 Å². The highest BCUT2D eigenvalue weighted by Crippen LogP contribution is 2.51. The first-order valence-electron chi connectivity index (χ1n) is 14.2. The van der Waals surface area contributed by atoms with Gasteiger partial charge in [0.25, 0.3) is 0 Å². The highest BCUT2D eigenvalue weighted by molar-refractivity contribution is 8.00. The van der Waals surface area contributed by atoms with Crippen LogP contribution in [0.1, 0.15) is 42.2 Å². The number of hydrogen-bond acceptors (Lipinski definition) is 10. The third-order valence-electron chi connectivity index (χ3n) is 7.99. The fraction of sp³-hybridized carbons (Fsp3) is 0.483. The Morgan fingerprint density at radius 2 is 1.80 bits per heavy atom. The first-order valence-corrected chi connectivity index (χ1v) is 15.1. The molecule has 4 N–H and O–H groups in total. The molecule has 0 bridgehead atoms. The maximum atomic E-state index is 14.2. The maximum Gasteiger partial charge on any atom is 0.416 e. The highest BCUT2D eigenvalue weighted by atomic mass is 32.2. The molecule has 0 amide bonds. The van der Waals surface area contributed by atoms with E-state index in [-0.39, 0.29) is 29.7 Å². The van der Waals surface area contributed by atoms with Crippen LogP contribution in [0.15, 0.2) is 42.6 Å². The van der Waals surface area contributed by atoms with Gasteiger partial charge in [0, 0.05) is 12.5 Å². The lowest BCUT2D eigenvalue weighted by atomic mass is 9.84. The fourth-order valence-electron chi connectivity index (χ4n) is 5.67. The number of esters is 1. The Morgan fingerprint density at radius 1 is 1.15 bits per heavy atom. The van der Waals surface area contributed by atoms with Crippen LogP contribution in [0.25, 0.3) is 11.3 Å². The number of carbonyl (C=O) groups excluding carboxylic acids is 1. The second-order valence-electron chi connectivity index (χ2n) is 11.1. The van der Waals surface area contributed by atoms with Crippen molar-refractivity contribution in [2.45, 2.75) is 66.6 Å². The van der Waals surface area contributed by atoms with Crippen LogP contribution >= 0.6 is 11.8 Å². The third kappa shape index (κ3) is 7.03. The minimum absolute atomic E-state index is 0.0693. The quantitative estimate of drug-likeness (QED) is 0.159. The molecule has 0 saturated carbocycles. The van der Waals surface area contributed by atoms with E-state index in [1.54, 1.807) is 0 Å². The zero-order valence-corrected chi connectivity index (χ0v) is 24.9. The summed E-state index contributed by atoms with van der Waals surface area (Å²) in [4.78, 5) is 11.6. The number of thioether (sulfide) groups is 1. The lowest BCUT2D eigenvalue weighted by molar-refractivity contribution is -0.187. The molecule has 0 radical (unpaired) electrons. The zero-order valence-electron chi connectivity index (χ0n) is 24.1. The van der Waals surface area contributed by atoms with Gasteiger partial charge in [0.15, 0.2) is 17.5 Å². The second kappa shape index (κ2) is 13.5. The molecule has 17 heteroatoms. The molecule has 6 atom stereocenters. The van der Waals surface area contributed by atoms with Gasteiger partial charge >= 0.3 is 12.1 Å². The van der Waals surface area contributed by atoms with Crippen molar-refractivity contribution in [3.8, 4) is 11.3 Å². The molecule has 3 aromatic rings. The summed E-state index contributed by atoms with van der Waals surface area (Å²) in [6, 6.07) is 4.65. The molecule has 2 aliphatic rings. The van der Waals surface area contributed by atoms with Crippen molar-refractivity contribution >= 4 is 17.7 Å². The number of piperidine rings is 1. The average molecular weight is 677 g/mol. The van der Waals surface area contributed by atoms with Gasteiger partial charge in [-0.15, -0.1) is 16.9 Å². The molecule has 5 rings (SSSR count). The van der Waals surface area contributed by atoms with Gasteiger partial charge in [0.1, 0.15) is 42.1 Å². The standard InChI is InChI=1S/C29H30F6N4O6S/c1-14(40)44-13-21-24(41)23(39-12-20(37-38-39)15-10-18(30)22(32)19(31)11-15)25(42)27(45-21)46-26(28(43)6-8-36-9-7-28)16-4-2-3-5-17(16)29(33,34)35/h2-5,10-12,21,23-27,36,41-43H,6-9,13H2,1H3/t21-,23+,24+,25-,26-,27+/m1/s1. The largest absolute Gasteiger partial charge is 0.463 e. The first-order chi connectivity index (χ1) is 21.7. The van der Waals surface area contributed by atoms with Crippen molar-refractivity contribution in [1.82, 2.24) is 20.3 Å². The zero-order chi connectivity index (χ0) is 33.4. The second-order valence-corrected chi connectivity index (χ2v) is 12.3. The Morgan fingerprint density at radius 3 is 2.43 bits per heavy atom. The topological polar surface area (TPSA) is 139 Å². The minimum Gasteiger partial charge on any atom is -0.463 e. The fourth-order valence-corrected chi connectivity index (χ4v) is 7.30. The number of ether oxygens (including phenoxy) is 2. The van der Waals surface area contributed by atoms with Gasteiger partial charge in [-0.3, -0.25) is 4.79 Å². The van der Waals surface area contributed by atoms with Crippen LogP contribution in [0.2, 0.25) is 0 Å². The summed E-state index contributed by atoms with van der Waals surface area (Å²) in [5.74, 6) is -5.41. The van der Waals surface area contributed by atoms with E-state index in [9.17, 15) is 46.5 Å². The van der Waals surface area contributed by atoms with Gasteiger partial charge in [-0.1, -0.05) is 23.4 Å². The molecule has 0 unspecified atom stereocenters. The number of nitrogens with zero attached hydrogens (tertiary/aromatic N) is 3. The molecule has 1 aromatic heterocycles. The summed E-state index contributed by atoms with van der Waals surface area (Å²) >= 11 is 0.706. The van der Waals surface area contributed by atoms with Crippen molar-refractivity contribution in [2.24, 2.45) is 0 Å². The molecule has 0 spiro atoms. The molecule has 0 aliphatic carbocycles. The number of alkyl halides is 3. The van der Waals surface area contributed by atoms with Gasteiger partial charge in [-0.05, 0) is 49.7 Å². The number of nitrogens with one attached hydrogen (secondary N) is 1. The molecule has 2 saturated heterocycles. The molecule has 2 fully saturated rings. The third-order valence-corrected chi connectivity index (χ3v) is 9.61. The number of benzene rings is 2. The normalized spacial score (nSPS) is 25.7. The van der Waals surface area contributed by atoms with E-state index < -0.39 is 82.4 Å². The Kier molecular flexibility index (Phi) is 10.0. The maximum absolute atomic E-state index is 14.2. The number of rotatable bonds is 8. The van der Waals surface area contributed by atoms with E-state index in [0.29, 0.717) is 37.0 Å². The number of carbonyl (C=O) groups is 1. The number of aliphatic hydroxyl groups excluding tert-OH is 2. The summed E-state index contributed by atoms with van der Waals surface area (Å²) in [5.41, 5.74) is -4.73. The number of aromatic nitrogens is 3. The monoisotopic (exact) mass is 676 g/mol. The van der Waals surface area contributed by atoms with Gasteiger partial charge in [0.2, 0.25) is 0 Å². The van der Waals surface area contributed by atoms with Crippen molar-refractivity contribution in [3.63, 3.8) is 0 Å². The van der Waals surface area contributed by atoms with Crippen LogP contribution in [0, 0.1) is 17.5 Å². The van der Waals surface area contributed by atoms with Crippen LogP contribution in [0.4, 0.5) is 26.3 Å². The Bertz CT molecular complexity index is 1530. The lowest BCUT2D eigenvalue weighted by Gasteiger charge is -2.46. The summed E-state index contributed by atoms with van der Waals surface area (Å²) < 4.78 is 95.9. The summed E-state index contributed by atoms with van der Waals surface area (Å²) in [6.07, 6.45) is -8.24. The minimum atomic E-state index is -4.78. The highest BCUT2D eigenvalue weighted by Gasteiger charge is 2.51. The van der Waals surface area contributed by atoms with Crippen LogP contribution in [0.3, 0.4) is 0 Å². The summed E-state index contributed by atoms with van der Waals surface area (Å²) in [5, 5.41) is 44.0. The summed E-state index contributed by atoms with van der Waals surface area (Å²) in [6.45, 7) is 1.19. The van der Waals surface area contributed by atoms with Gasteiger partial charge in [0.05, 0.1) is 22.6 Å². The van der Waals surface area contributed by atoms with E-state index >= 15 is 0 Å². The predicted octanol–water partition coefficient (Wildman–Crippen LogP) is 3.52. The van der Waals surface area contributed by atoms with Gasteiger partial charge < -0.3 is 30.1 Å². The van der Waals surface area contributed by atoms with Crippen molar-refractivity contribution in [1.29, 1.82) is 0 Å². The van der Waals surface area contributed by atoms with Crippen molar-refractivity contribution in [3.05, 3.63) is 71.2 Å². The number of aliphatic hydroxyl groups is 3. The molecule has 3 heterocycles. The molecular weight excluding hydrogens is 646 g/mol. The van der Waals surface area contributed by atoms with Crippen molar-refractivity contribution in [2.75, 3.05) is 19.7 Å². The van der Waals surface area contributed by atoms with Gasteiger partial charge in [-0.25, -0.2) is 17.9 Å². The van der Waals surface area contributed by atoms with E-state index in [0.717, 1.165) is 23.9 Å². The number of halogens is 6. The Balaban J connectivity index is 1.54. The van der Waals surface area contributed by atoms with Crippen LogP contribution in [-0.4, -0.2) is 85.3 Å². The Labute approximate surface area is 262 Å². The average Bonchev–Trinajstić information content (AvgIpc) is 3.48. The van der Waals surface area contributed by atoms with Gasteiger partial charge in [-0.2, -0.15) is 13.2 Å². The van der Waals surface area contributed by atoms with Crippen LogP contribution < -0.4 is 5.32 Å². The molecule has 250 valence electrons. The molecule has 2 aliphatic heterocycles. The van der Waals surface area contributed by atoms with Crippen LogP contribution in [0.5, 0.6) is 0 Å². The molecule has 2 aromatic carbocycles. The Hall–Kier alpha value is -3.22. The lowest BCUT2D eigenvalue weighted by Crippen LogP contribution is -2.56. The molecule has 46 heavy (non-hydrogen) atoms. The van der Waals surface area contributed by atoms with E-state index in [1.165, 1.54) is 18.2 Å². The predicted molar refractivity (Wildman–Crippen MR) is 151 cm³/mol. The smallest absolute Gasteiger partial charge is 0.416 e. The molecular formula is C29H30F6N4O6S. The first kappa shape index (κ1) is 34.1. The van der Waals surface area contributed by atoms with E-state index in [2.05, 4.69) is 15.6 Å². The van der Waals surface area contributed by atoms with E-state index in [1.807, 2.05) is 0 Å². The summed E-state index contributed by atoms with van der Waals surface area (Å²) in [7, 11) is 0. The number of hydrogen-bond donors (Lipinski definition) is 4. The van der Waals surface area contributed by atoms with Crippen molar-refractivity contribution < 1.29 is 55.9 Å². The molecule has 10 nitrogen and oxygen atoms in total. The van der Waals surface area contributed by atoms with Crippen LogP contribution in [-0.2, 0) is 20.4 Å².